The highest BCUT2D eigenvalue weighted by Crippen LogP contribution is 2.44. The van der Waals surface area contributed by atoms with Gasteiger partial charge >= 0.3 is 0 Å². The number of rotatable bonds is 4. The first-order valence-corrected chi connectivity index (χ1v) is 7.72. The van der Waals surface area contributed by atoms with Crippen LogP contribution in [-0.4, -0.2) is 42.8 Å². The van der Waals surface area contributed by atoms with Crippen molar-refractivity contribution >= 4 is 35.6 Å². The lowest BCUT2D eigenvalue weighted by molar-refractivity contribution is 0.0306. The zero-order valence-electron chi connectivity index (χ0n) is 12.4. The summed E-state index contributed by atoms with van der Waals surface area (Å²) in [7, 11) is 0. The molecule has 2 rings (SSSR count). The molecule has 120 valence electrons. The van der Waals surface area contributed by atoms with E-state index in [0.717, 1.165) is 31.7 Å². The third kappa shape index (κ3) is 4.25. The number of hydrogen-bond donors (Lipinski definition) is 2. The summed E-state index contributed by atoms with van der Waals surface area (Å²) < 4.78 is 0. The van der Waals surface area contributed by atoms with Gasteiger partial charge in [0, 0.05) is 59.9 Å². The Bertz CT molecular complexity index is 442. The standard InChI is InChI=1S/C15H22Cl2N2O.ClH/c1-15(2,10-20)14(19-8-6-18-7-9-19)13-11(16)4-3-5-12(13)17;/h3-5,14,18,20H,6-10H2,1-2H3;1H/t14-;/m0./s1. The molecule has 0 aromatic heterocycles. The number of benzene rings is 1. The molecule has 0 saturated carbocycles. The second-order valence-electron chi connectivity index (χ2n) is 5.97. The summed E-state index contributed by atoms with van der Waals surface area (Å²) in [6.07, 6.45) is 0. The van der Waals surface area contributed by atoms with Crippen molar-refractivity contribution in [2.45, 2.75) is 19.9 Å². The number of piperazine rings is 1. The van der Waals surface area contributed by atoms with E-state index in [4.69, 9.17) is 23.2 Å². The summed E-state index contributed by atoms with van der Waals surface area (Å²) in [6, 6.07) is 5.60. The summed E-state index contributed by atoms with van der Waals surface area (Å²) >= 11 is 12.8. The minimum absolute atomic E-state index is 0. The molecule has 1 aromatic rings. The van der Waals surface area contributed by atoms with Crippen LogP contribution in [0.4, 0.5) is 0 Å². The van der Waals surface area contributed by atoms with E-state index in [1.807, 2.05) is 18.2 Å². The Labute approximate surface area is 143 Å². The van der Waals surface area contributed by atoms with Gasteiger partial charge in [-0.15, -0.1) is 12.4 Å². The van der Waals surface area contributed by atoms with Crippen LogP contribution in [0.2, 0.25) is 10.0 Å². The van der Waals surface area contributed by atoms with Crippen LogP contribution >= 0.6 is 35.6 Å². The van der Waals surface area contributed by atoms with Crippen molar-refractivity contribution in [2.75, 3.05) is 32.8 Å². The average Bonchev–Trinajstić information content (AvgIpc) is 2.43. The van der Waals surface area contributed by atoms with E-state index >= 15 is 0 Å². The SMILES string of the molecule is CC(C)(CO)[C@H](c1c(Cl)cccc1Cl)N1CCNCC1.Cl. The average molecular weight is 354 g/mol. The third-order valence-corrected chi connectivity index (χ3v) is 4.60. The van der Waals surface area contributed by atoms with Crippen LogP contribution in [0.5, 0.6) is 0 Å². The number of halogens is 3. The molecule has 1 fully saturated rings. The lowest BCUT2D eigenvalue weighted by Crippen LogP contribution is -2.49. The van der Waals surface area contributed by atoms with Crippen molar-refractivity contribution in [2.24, 2.45) is 5.41 Å². The van der Waals surface area contributed by atoms with E-state index in [9.17, 15) is 5.11 Å². The Balaban J connectivity index is 0.00000220. The zero-order chi connectivity index (χ0) is 14.8. The maximum absolute atomic E-state index is 9.81. The number of hydrogen-bond acceptors (Lipinski definition) is 3. The molecule has 1 aliphatic rings. The van der Waals surface area contributed by atoms with Crippen LogP contribution in [0.1, 0.15) is 25.5 Å². The molecule has 0 unspecified atom stereocenters. The molecule has 0 aliphatic carbocycles. The predicted octanol–water partition coefficient (Wildman–Crippen LogP) is 3.38. The number of aliphatic hydroxyl groups is 1. The maximum Gasteiger partial charge on any atom is 0.0500 e. The molecular weight excluding hydrogens is 331 g/mol. The van der Waals surface area contributed by atoms with Crippen molar-refractivity contribution < 1.29 is 5.11 Å². The highest BCUT2D eigenvalue weighted by Gasteiger charge is 2.37. The van der Waals surface area contributed by atoms with Gasteiger partial charge in [-0.3, -0.25) is 4.90 Å². The van der Waals surface area contributed by atoms with Crippen LogP contribution in [0, 0.1) is 5.41 Å². The van der Waals surface area contributed by atoms with Gasteiger partial charge in [-0.1, -0.05) is 43.1 Å². The monoisotopic (exact) mass is 352 g/mol. The molecule has 1 atom stereocenters. The first-order chi connectivity index (χ1) is 9.47. The second kappa shape index (κ2) is 8.00. The fraction of sp³-hybridized carbons (Fsp3) is 0.600. The molecule has 0 radical (unpaired) electrons. The fourth-order valence-electron chi connectivity index (χ4n) is 2.87. The molecule has 1 aromatic carbocycles. The van der Waals surface area contributed by atoms with Crippen LogP contribution in [-0.2, 0) is 0 Å². The summed E-state index contributed by atoms with van der Waals surface area (Å²) in [5, 5.41) is 14.5. The lowest BCUT2D eigenvalue weighted by atomic mass is 9.79. The van der Waals surface area contributed by atoms with Gasteiger partial charge in [0.2, 0.25) is 0 Å². The van der Waals surface area contributed by atoms with Crippen molar-refractivity contribution in [1.29, 1.82) is 0 Å². The Hall–Kier alpha value is -0.0300. The third-order valence-electron chi connectivity index (χ3n) is 3.94. The van der Waals surface area contributed by atoms with E-state index in [2.05, 4.69) is 24.1 Å². The van der Waals surface area contributed by atoms with Crippen molar-refractivity contribution in [3.05, 3.63) is 33.8 Å². The quantitative estimate of drug-likeness (QED) is 0.871. The van der Waals surface area contributed by atoms with Gasteiger partial charge in [0.1, 0.15) is 0 Å². The molecular formula is C15H23Cl3N2O. The molecule has 3 nitrogen and oxygen atoms in total. The van der Waals surface area contributed by atoms with Crippen LogP contribution in [0.3, 0.4) is 0 Å². The highest BCUT2D eigenvalue weighted by atomic mass is 35.5. The largest absolute Gasteiger partial charge is 0.396 e. The van der Waals surface area contributed by atoms with Gasteiger partial charge < -0.3 is 10.4 Å². The molecule has 6 heteroatoms. The Kier molecular flexibility index (Phi) is 7.25. The first kappa shape index (κ1) is 19.0. The van der Waals surface area contributed by atoms with Gasteiger partial charge in [-0.2, -0.15) is 0 Å². The second-order valence-corrected chi connectivity index (χ2v) is 6.78. The molecule has 0 amide bonds. The van der Waals surface area contributed by atoms with Crippen LogP contribution in [0.25, 0.3) is 0 Å². The lowest BCUT2D eigenvalue weighted by Gasteiger charge is -2.44. The normalized spacial score (nSPS) is 18.1. The molecule has 21 heavy (non-hydrogen) atoms. The molecule has 0 bridgehead atoms. The van der Waals surface area contributed by atoms with Crippen molar-refractivity contribution in [3.63, 3.8) is 0 Å². The van der Waals surface area contributed by atoms with Gasteiger partial charge in [0.15, 0.2) is 0 Å². The Morgan fingerprint density at radius 2 is 1.76 bits per heavy atom. The highest BCUT2D eigenvalue weighted by molar-refractivity contribution is 6.36. The van der Waals surface area contributed by atoms with E-state index < -0.39 is 0 Å². The van der Waals surface area contributed by atoms with E-state index in [1.165, 1.54) is 0 Å². The predicted molar refractivity (Wildman–Crippen MR) is 91.8 cm³/mol. The Morgan fingerprint density at radius 1 is 1.24 bits per heavy atom. The molecule has 2 N–H and O–H groups in total. The van der Waals surface area contributed by atoms with E-state index in [-0.39, 0.29) is 30.5 Å². The smallest absolute Gasteiger partial charge is 0.0500 e. The number of nitrogens with one attached hydrogen (secondary N) is 1. The maximum atomic E-state index is 9.81. The topological polar surface area (TPSA) is 35.5 Å². The first-order valence-electron chi connectivity index (χ1n) is 6.97. The molecule has 1 saturated heterocycles. The fourth-order valence-corrected chi connectivity index (χ4v) is 3.47. The van der Waals surface area contributed by atoms with Crippen molar-refractivity contribution in [3.8, 4) is 0 Å². The van der Waals surface area contributed by atoms with Gasteiger partial charge in [0.05, 0.1) is 0 Å². The number of nitrogens with zero attached hydrogens (tertiary/aromatic N) is 1. The van der Waals surface area contributed by atoms with Crippen molar-refractivity contribution in [1.82, 2.24) is 10.2 Å². The summed E-state index contributed by atoms with van der Waals surface area (Å²) in [4.78, 5) is 2.36. The zero-order valence-corrected chi connectivity index (χ0v) is 14.7. The Morgan fingerprint density at radius 3 is 2.24 bits per heavy atom. The molecule has 1 aliphatic heterocycles. The van der Waals surface area contributed by atoms with Crippen LogP contribution < -0.4 is 5.32 Å². The minimum Gasteiger partial charge on any atom is -0.396 e. The summed E-state index contributed by atoms with van der Waals surface area (Å²) in [6.45, 7) is 7.94. The molecule has 1 heterocycles. The van der Waals surface area contributed by atoms with E-state index in [0.29, 0.717) is 10.0 Å². The summed E-state index contributed by atoms with van der Waals surface area (Å²) in [5.41, 5.74) is 0.614. The minimum atomic E-state index is -0.314. The van der Waals surface area contributed by atoms with Gasteiger partial charge in [-0.25, -0.2) is 0 Å². The van der Waals surface area contributed by atoms with E-state index in [1.54, 1.807) is 0 Å². The van der Waals surface area contributed by atoms with Crippen LogP contribution in [0.15, 0.2) is 18.2 Å². The summed E-state index contributed by atoms with van der Waals surface area (Å²) in [5.74, 6) is 0. The van der Waals surface area contributed by atoms with Gasteiger partial charge in [-0.05, 0) is 12.1 Å². The number of aliphatic hydroxyl groups excluding tert-OH is 1. The molecule has 0 spiro atoms. The van der Waals surface area contributed by atoms with Gasteiger partial charge in [0.25, 0.3) is 0 Å².